The van der Waals surface area contributed by atoms with E-state index in [0.29, 0.717) is 0 Å². The summed E-state index contributed by atoms with van der Waals surface area (Å²) in [5.74, 6) is -1.00. The van der Waals surface area contributed by atoms with Crippen LogP contribution in [0.3, 0.4) is 0 Å². The van der Waals surface area contributed by atoms with Crippen LogP contribution in [0.15, 0.2) is 30.3 Å². The molecule has 1 aromatic carbocycles. The summed E-state index contributed by atoms with van der Waals surface area (Å²) in [6, 6.07) is 8.84. The molecule has 0 aliphatic heterocycles. The van der Waals surface area contributed by atoms with Gasteiger partial charge in [-0.05, 0) is 12.1 Å². The Balaban J connectivity index is 2.31. The van der Waals surface area contributed by atoms with Gasteiger partial charge >= 0.3 is 21.3 Å². The van der Waals surface area contributed by atoms with E-state index in [4.69, 9.17) is 4.55 Å². The first-order valence-corrected chi connectivity index (χ1v) is 6.96. The van der Waals surface area contributed by atoms with Gasteiger partial charge in [0.1, 0.15) is 0 Å². The highest BCUT2D eigenvalue weighted by Crippen LogP contribution is 2.20. The molecule has 0 fully saturated rings. The molecular weight excluding hydrogens is 296 g/mol. The number of para-hydroxylation sites is 1. The van der Waals surface area contributed by atoms with Gasteiger partial charge in [-0.2, -0.15) is 17.2 Å². The standard InChI is InChI=1S/C11H13F2NO5S/c12-11(13,20(16,17)18)8-19-10(15)6-7-14-9-4-2-1-3-5-9/h1-5,14H,6-8H2,(H,16,17,18). The van der Waals surface area contributed by atoms with Crippen molar-refractivity contribution in [2.75, 3.05) is 18.5 Å². The maximum Gasteiger partial charge on any atom is 0.402 e. The van der Waals surface area contributed by atoms with E-state index in [9.17, 15) is 22.0 Å². The van der Waals surface area contributed by atoms with Crippen LogP contribution in [0.1, 0.15) is 6.42 Å². The highest BCUT2D eigenvalue weighted by atomic mass is 32.2. The molecule has 0 radical (unpaired) electrons. The molecule has 0 amide bonds. The molecule has 0 spiro atoms. The molecule has 0 aliphatic carbocycles. The Labute approximate surface area is 114 Å². The fourth-order valence-corrected chi connectivity index (χ4v) is 1.38. The first-order chi connectivity index (χ1) is 9.22. The van der Waals surface area contributed by atoms with Crippen LogP contribution in [0, 0.1) is 0 Å². The number of carbonyl (C=O) groups is 1. The maximum absolute atomic E-state index is 12.7. The zero-order valence-corrected chi connectivity index (χ0v) is 11.1. The molecule has 0 unspecified atom stereocenters. The number of benzene rings is 1. The normalized spacial score (nSPS) is 11.9. The van der Waals surface area contributed by atoms with E-state index in [2.05, 4.69) is 10.1 Å². The largest absolute Gasteiger partial charge is 0.458 e. The Morgan fingerprint density at radius 3 is 2.45 bits per heavy atom. The van der Waals surface area contributed by atoms with Crippen LogP contribution in [0.2, 0.25) is 0 Å². The number of ether oxygens (including phenoxy) is 1. The van der Waals surface area contributed by atoms with Crippen LogP contribution in [0.25, 0.3) is 0 Å². The minimum Gasteiger partial charge on any atom is -0.458 e. The van der Waals surface area contributed by atoms with Gasteiger partial charge in [0, 0.05) is 12.2 Å². The molecule has 6 nitrogen and oxygen atoms in total. The number of hydrogen-bond donors (Lipinski definition) is 2. The van der Waals surface area contributed by atoms with Crippen LogP contribution >= 0.6 is 0 Å². The molecule has 0 aromatic heterocycles. The minimum atomic E-state index is -5.59. The summed E-state index contributed by atoms with van der Waals surface area (Å²) in [6.45, 7) is -1.57. The smallest absolute Gasteiger partial charge is 0.402 e. The lowest BCUT2D eigenvalue weighted by atomic mass is 10.3. The lowest BCUT2D eigenvalue weighted by molar-refractivity contribution is -0.149. The van der Waals surface area contributed by atoms with Gasteiger partial charge in [-0.1, -0.05) is 18.2 Å². The van der Waals surface area contributed by atoms with Gasteiger partial charge in [0.2, 0.25) is 0 Å². The molecular formula is C11H13F2NO5S. The predicted octanol–water partition coefficient (Wildman–Crippen LogP) is 1.51. The lowest BCUT2D eigenvalue weighted by Gasteiger charge is -2.13. The summed E-state index contributed by atoms with van der Waals surface area (Å²) in [4.78, 5) is 11.1. The maximum atomic E-state index is 12.7. The highest BCUT2D eigenvalue weighted by molar-refractivity contribution is 7.86. The van der Waals surface area contributed by atoms with Crippen molar-refractivity contribution in [1.82, 2.24) is 0 Å². The second kappa shape index (κ2) is 6.62. The monoisotopic (exact) mass is 309 g/mol. The van der Waals surface area contributed by atoms with Crippen molar-refractivity contribution in [3.8, 4) is 0 Å². The van der Waals surface area contributed by atoms with E-state index in [1.807, 2.05) is 0 Å². The van der Waals surface area contributed by atoms with Gasteiger partial charge in [0.15, 0.2) is 6.61 Å². The van der Waals surface area contributed by atoms with E-state index in [1.165, 1.54) is 0 Å². The Morgan fingerprint density at radius 1 is 1.30 bits per heavy atom. The van der Waals surface area contributed by atoms with Gasteiger partial charge in [0.05, 0.1) is 6.42 Å². The summed E-state index contributed by atoms with van der Waals surface area (Å²) in [5.41, 5.74) is 0.739. The van der Waals surface area contributed by atoms with E-state index in [1.54, 1.807) is 30.3 Å². The van der Waals surface area contributed by atoms with Gasteiger partial charge < -0.3 is 10.1 Å². The van der Waals surface area contributed by atoms with Crippen molar-refractivity contribution < 1.29 is 31.3 Å². The molecule has 2 N–H and O–H groups in total. The Bertz CT molecular complexity index is 547. The number of halogens is 2. The number of carbonyl (C=O) groups excluding carboxylic acids is 1. The van der Waals surface area contributed by atoms with Gasteiger partial charge in [-0.15, -0.1) is 0 Å². The van der Waals surface area contributed by atoms with Gasteiger partial charge in [-0.3, -0.25) is 9.35 Å². The summed E-state index contributed by atoms with van der Waals surface area (Å²) in [7, 11) is -5.59. The van der Waals surface area contributed by atoms with Crippen LogP contribution in [-0.2, 0) is 19.6 Å². The Kier molecular flexibility index (Phi) is 5.40. The van der Waals surface area contributed by atoms with Crippen LogP contribution < -0.4 is 5.32 Å². The SMILES string of the molecule is O=C(CCNc1ccccc1)OCC(F)(F)S(=O)(=O)O. The summed E-state index contributed by atoms with van der Waals surface area (Å²) in [6.07, 6.45) is -0.226. The van der Waals surface area contributed by atoms with E-state index < -0.39 is 27.9 Å². The molecule has 0 saturated heterocycles. The number of anilines is 1. The van der Waals surface area contributed by atoms with Crippen molar-refractivity contribution in [3.63, 3.8) is 0 Å². The Morgan fingerprint density at radius 2 is 1.90 bits per heavy atom. The molecule has 0 aliphatic rings. The topological polar surface area (TPSA) is 92.7 Å². The lowest BCUT2D eigenvalue weighted by Crippen LogP contribution is -2.34. The van der Waals surface area contributed by atoms with Crippen molar-refractivity contribution in [2.45, 2.75) is 11.7 Å². The van der Waals surface area contributed by atoms with Crippen LogP contribution in [0.4, 0.5) is 14.5 Å². The third kappa shape index (κ3) is 5.10. The van der Waals surface area contributed by atoms with Crippen LogP contribution in [-0.4, -0.2) is 37.3 Å². The zero-order chi connectivity index (χ0) is 15.2. The number of esters is 1. The van der Waals surface area contributed by atoms with Crippen molar-refractivity contribution in [1.29, 1.82) is 0 Å². The quantitative estimate of drug-likeness (QED) is 0.586. The molecule has 0 saturated carbocycles. The van der Waals surface area contributed by atoms with Crippen molar-refractivity contribution >= 4 is 21.8 Å². The fourth-order valence-electron chi connectivity index (χ4n) is 1.18. The molecule has 1 rings (SSSR count). The first kappa shape index (κ1) is 16.3. The molecule has 20 heavy (non-hydrogen) atoms. The predicted molar refractivity (Wildman–Crippen MR) is 67.0 cm³/mol. The molecule has 1 aromatic rings. The average Bonchev–Trinajstić information content (AvgIpc) is 2.36. The van der Waals surface area contributed by atoms with Crippen LogP contribution in [0.5, 0.6) is 0 Å². The second-order valence-electron chi connectivity index (χ2n) is 3.82. The number of nitrogens with one attached hydrogen (secondary N) is 1. The third-order valence-corrected chi connectivity index (χ3v) is 3.08. The number of hydrogen-bond acceptors (Lipinski definition) is 5. The number of alkyl halides is 2. The van der Waals surface area contributed by atoms with Crippen molar-refractivity contribution in [2.24, 2.45) is 0 Å². The second-order valence-corrected chi connectivity index (χ2v) is 5.36. The zero-order valence-electron chi connectivity index (χ0n) is 10.3. The molecule has 0 bridgehead atoms. The van der Waals surface area contributed by atoms with E-state index in [0.717, 1.165) is 5.69 Å². The molecule has 0 atom stereocenters. The average molecular weight is 309 g/mol. The molecule has 112 valence electrons. The van der Waals surface area contributed by atoms with E-state index in [-0.39, 0.29) is 13.0 Å². The molecule has 9 heteroatoms. The number of rotatable bonds is 7. The summed E-state index contributed by atoms with van der Waals surface area (Å²) >= 11 is 0. The molecule has 0 heterocycles. The Hall–Kier alpha value is -1.74. The van der Waals surface area contributed by atoms with Gasteiger partial charge in [-0.25, -0.2) is 0 Å². The first-order valence-electron chi connectivity index (χ1n) is 5.52. The fraction of sp³-hybridized carbons (Fsp3) is 0.364. The third-order valence-electron chi connectivity index (χ3n) is 2.21. The minimum absolute atomic E-state index is 0.139. The summed E-state index contributed by atoms with van der Waals surface area (Å²) < 4.78 is 58.3. The summed E-state index contributed by atoms with van der Waals surface area (Å²) in [5, 5.41) is -1.66. The van der Waals surface area contributed by atoms with E-state index >= 15 is 0 Å². The van der Waals surface area contributed by atoms with Crippen molar-refractivity contribution in [3.05, 3.63) is 30.3 Å². The highest BCUT2D eigenvalue weighted by Gasteiger charge is 2.45. The van der Waals surface area contributed by atoms with Gasteiger partial charge in [0.25, 0.3) is 0 Å².